The molecule has 0 radical (unpaired) electrons. The lowest BCUT2D eigenvalue weighted by Gasteiger charge is -2.24. The molecule has 0 aromatic rings. The number of rotatable bonds is 5. The van der Waals surface area contributed by atoms with E-state index in [0.29, 0.717) is 6.54 Å². The van der Waals surface area contributed by atoms with Gasteiger partial charge in [-0.3, -0.25) is 9.59 Å². The molecule has 1 aliphatic rings. The van der Waals surface area contributed by atoms with E-state index in [2.05, 4.69) is 0 Å². The summed E-state index contributed by atoms with van der Waals surface area (Å²) in [6.07, 6.45) is 2.76. The van der Waals surface area contributed by atoms with Crippen LogP contribution in [0.15, 0.2) is 0 Å². The van der Waals surface area contributed by atoms with Crippen LogP contribution in [-0.2, 0) is 9.59 Å². The maximum absolute atomic E-state index is 11.9. The van der Waals surface area contributed by atoms with E-state index in [4.69, 9.17) is 5.11 Å². The van der Waals surface area contributed by atoms with E-state index in [0.717, 1.165) is 19.3 Å². The summed E-state index contributed by atoms with van der Waals surface area (Å²) in [5.41, 5.74) is -0.160. The number of aliphatic carboxylic acids is 1. The Labute approximate surface area is 90.3 Å². The fourth-order valence-electron chi connectivity index (χ4n) is 1.85. The Morgan fingerprint density at radius 3 is 2.33 bits per heavy atom. The van der Waals surface area contributed by atoms with Crippen LogP contribution < -0.4 is 0 Å². The predicted octanol–water partition coefficient (Wildman–Crippen LogP) is 1.36. The first kappa shape index (κ1) is 12.0. The van der Waals surface area contributed by atoms with Crippen molar-refractivity contribution in [2.24, 2.45) is 11.3 Å². The Bertz CT molecular complexity index is 271. The molecular weight excluding hydrogens is 194 g/mol. The topological polar surface area (TPSA) is 57.6 Å². The third-order valence-corrected chi connectivity index (χ3v) is 3.30. The van der Waals surface area contributed by atoms with Gasteiger partial charge in [0, 0.05) is 19.0 Å². The van der Waals surface area contributed by atoms with Gasteiger partial charge in [-0.1, -0.05) is 13.8 Å². The number of hydrogen-bond donors (Lipinski definition) is 1. The van der Waals surface area contributed by atoms with Gasteiger partial charge in [-0.25, -0.2) is 0 Å². The van der Waals surface area contributed by atoms with Crippen molar-refractivity contribution in [2.75, 3.05) is 13.6 Å². The molecule has 1 fully saturated rings. The molecular formula is C11H19NO3. The number of carbonyl (C=O) groups excluding carboxylic acids is 1. The quantitative estimate of drug-likeness (QED) is 0.750. The maximum Gasteiger partial charge on any atom is 0.308 e. The van der Waals surface area contributed by atoms with Crippen LogP contribution in [0.25, 0.3) is 0 Å². The monoisotopic (exact) mass is 213 g/mol. The van der Waals surface area contributed by atoms with E-state index >= 15 is 0 Å². The highest BCUT2D eigenvalue weighted by Gasteiger charge is 2.49. The fourth-order valence-corrected chi connectivity index (χ4v) is 1.85. The highest BCUT2D eigenvalue weighted by molar-refractivity contribution is 5.85. The number of amides is 1. The summed E-state index contributed by atoms with van der Waals surface area (Å²) in [7, 11) is 1.69. The third kappa shape index (κ3) is 2.49. The predicted molar refractivity (Wildman–Crippen MR) is 56.4 cm³/mol. The van der Waals surface area contributed by atoms with Gasteiger partial charge in [0.2, 0.25) is 5.91 Å². The Balaban J connectivity index is 2.50. The second kappa shape index (κ2) is 4.21. The zero-order valence-corrected chi connectivity index (χ0v) is 9.62. The van der Waals surface area contributed by atoms with Crippen LogP contribution in [0.5, 0.6) is 0 Å². The van der Waals surface area contributed by atoms with E-state index < -0.39 is 11.9 Å². The van der Waals surface area contributed by atoms with Gasteiger partial charge < -0.3 is 10.0 Å². The minimum absolute atomic E-state index is 0.109. The van der Waals surface area contributed by atoms with Crippen molar-refractivity contribution in [1.29, 1.82) is 0 Å². The van der Waals surface area contributed by atoms with Crippen molar-refractivity contribution in [1.82, 2.24) is 4.90 Å². The summed E-state index contributed by atoms with van der Waals surface area (Å²) in [4.78, 5) is 24.2. The van der Waals surface area contributed by atoms with Crippen molar-refractivity contribution in [2.45, 2.75) is 33.1 Å². The molecule has 0 bridgehead atoms. The van der Waals surface area contributed by atoms with Crippen LogP contribution >= 0.6 is 0 Å². The molecule has 4 nitrogen and oxygen atoms in total. The van der Waals surface area contributed by atoms with Crippen molar-refractivity contribution in [3.63, 3.8) is 0 Å². The van der Waals surface area contributed by atoms with Gasteiger partial charge in [-0.05, 0) is 19.3 Å². The molecule has 4 heteroatoms. The molecule has 0 spiro atoms. The van der Waals surface area contributed by atoms with Crippen LogP contribution in [-0.4, -0.2) is 35.5 Å². The lowest BCUT2D eigenvalue weighted by Crippen LogP contribution is -2.38. The van der Waals surface area contributed by atoms with Crippen LogP contribution in [0, 0.1) is 11.3 Å². The molecule has 0 aromatic heterocycles. The smallest absolute Gasteiger partial charge is 0.308 e. The molecule has 0 heterocycles. The third-order valence-electron chi connectivity index (χ3n) is 3.30. The van der Waals surface area contributed by atoms with Crippen LogP contribution in [0.1, 0.15) is 33.1 Å². The van der Waals surface area contributed by atoms with Crippen molar-refractivity contribution >= 4 is 11.9 Å². The molecule has 15 heavy (non-hydrogen) atoms. The van der Waals surface area contributed by atoms with Crippen molar-refractivity contribution in [3.05, 3.63) is 0 Å². The van der Waals surface area contributed by atoms with Gasteiger partial charge >= 0.3 is 5.97 Å². The number of hydrogen-bond acceptors (Lipinski definition) is 2. The largest absolute Gasteiger partial charge is 0.481 e. The van der Waals surface area contributed by atoms with Crippen LogP contribution in [0.2, 0.25) is 0 Å². The first-order chi connectivity index (χ1) is 6.93. The van der Waals surface area contributed by atoms with E-state index in [1.165, 1.54) is 0 Å². The van der Waals surface area contributed by atoms with Gasteiger partial charge in [-0.15, -0.1) is 0 Å². The highest BCUT2D eigenvalue weighted by atomic mass is 16.4. The van der Waals surface area contributed by atoms with Gasteiger partial charge in [0.15, 0.2) is 0 Å². The minimum Gasteiger partial charge on any atom is -0.481 e. The number of nitrogens with zero attached hydrogens (tertiary/aromatic N) is 1. The molecule has 86 valence electrons. The Kier molecular flexibility index (Phi) is 3.37. The van der Waals surface area contributed by atoms with Gasteiger partial charge in [0.05, 0.1) is 5.92 Å². The number of carbonyl (C=O) groups is 2. The van der Waals surface area contributed by atoms with E-state index in [9.17, 15) is 9.59 Å². The van der Waals surface area contributed by atoms with Gasteiger partial charge in [-0.2, -0.15) is 0 Å². The van der Waals surface area contributed by atoms with Crippen molar-refractivity contribution < 1.29 is 14.7 Å². The lowest BCUT2D eigenvalue weighted by atomic mass is 10.0. The summed E-state index contributed by atoms with van der Waals surface area (Å²) in [6.45, 7) is 3.94. The average Bonchev–Trinajstić information content (AvgIpc) is 2.96. The molecule has 1 aliphatic carbocycles. The number of carboxylic acid groups (broad SMARTS) is 1. The fraction of sp³-hybridized carbons (Fsp3) is 0.818. The molecule has 1 rings (SSSR count). The SMILES string of the molecule is CCC1(C(=O)N(C)CC(C)C(=O)O)CC1. The summed E-state index contributed by atoms with van der Waals surface area (Å²) in [5, 5.41) is 8.75. The van der Waals surface area contributed by atoms with Gasteiger partial charge in [0.25, 0.3) is 0 Å². The maximum atomic E-state index is 11.9. The van der Waals surface area contributed by atoms with Crippen LogP contribution in [0.4, 0.5) is 0 Å². The summed E-state index contributed by atoms with van der Waals surface area (Å²) < 4.78 is 0. The average molecular weight is 213 g/mol. The zero-order chi connectivity index (χ0) is 11.6. The lowest BCUT2D eigenvalue weighted by molar-refractivity contribution is -0.143. The first-order valence-corrected chi connectivity index (χ1v) is 5.41. The summed E-state index contributed by atoms with van der Waals surface area (Å²) in [6, 6.07) is 0. The molecule has 1 atom stereocenters. The molecule has 1 saturated carbocycles. The summed E-state index contributed by atoms with van der Waals surface area (Å²) >= 11 is 0. The van der Waals surface area contributed by atoms with Gasteiger partial charge in [0.1, 0.15) is 0 Å². The standard InChI is InChI=1S/C11H19NO3/c1-4-11(5-6-11)10(15)12(3)7-8(2)9(13)14/h8H,4-7H2,1-3H3,(H,13,14). The molecule has 1 N–H and O–H groups in total. The molecule has 1 unspecified atom stereocenters. The second-order valence-electron chi connectivity index (χ2n) is 4.56. The molecule has 1 amide bonds. The van der Waals surface area contributed by atoms with E-state index in [1.54, 1.807) is 18.9 Å². The Morgan fingerprint density at radius 1 is 1.47 bits per heavy atom. The molecule has 0 aromatic carbocycles. The molecule has 0 aliphatic heterocycles. The van der Waals surface area contributed by atoms with E-state index in [1.807, 2.05) is 6.92 Å². The Hall–Kier alpha value is -1.06. The summed E-state index contributed by atoms with van der Waals surface area (Å²) in [5.74, 6) is -1.24. The normalized spacial score (nSPS) is 19.4. The van der Waals surface area contributed by atoms with Crippen molar-refractivity contribution in [3.8, 4) is 0 Å². The van der Waals surface area contributed by atoms with E-state index in [-0.39, 0.29) is 11.3 Å². The zero-order valence-electron chi connectivity index (χ0n) is 9.62. The first-order valence-electron chi connectivity index (χ1n) is 5.41. The highest BCUT2D eigenvalue weighted by Crippen LogP contribution is 2.49. The molecule has 0 saturated heterocycles. The Morgan fingerprint density at radius 2 is 2.00 bits per heavy atom. The second-order valence-corrected chi connectivity index (χ2v) is 4.56. The minimum atomic E-state index is -0.851. The number of carboxylic acids is 1. The van der Waals surface area contributed by atoms with Crippen LogP contribution in [0.3, 0.4) is 0 Å².